The quantitative estimate of drug-likeness (QED) is 0.775. The molecule has 6 nitrogen and oxygen atoms in total. The van der Waals surface area contributed by atoms with Gasteiger partial charge in [-0.1, -0.05) is 18.2 Å². The molecule has 1 aromatic rings. The Kier molecular flexibility index (Phi) is 4.91. The molecular formula is C14H19NO5S2. The number of carbonyl (C=O) groups is 1. The molecule has 0 radical (unpaired) electrons. The number of rotatable bonds is 5. The number of carbonyl (C=O) groups excluding carboxylic acids is 1. The summed E-state index contributed by atoms with van der Waals surface area (Å²) in [6.07, 6.45) is 1.44. The number of sulfone groups is 2. The zero-order chi connectivity index (χ0) is 16.4. The third-order valence-corrected chi connectivity index (χ3v) is 7.12. The van der Waals surface area contributed by atoms with Crippen molar-refractivity contribution in [3.63, 3.8) is 0 Å². The summed E-state index contributed by atoms with van der Waals surface area (Å²) >= 11 is 0. The lowest BCUT2D eigenvalue weighted by molar-refractivity contribution is -0.129. The van der Waals surface area contributed by atoms with E-state index in [4.69, 9.17) is 0 Å². The van der Waals surface area contributed by atoms with Gasteiger partial charge in [-0.25, -0.2) is 16.8 Å². The molecule has 0 aliphatic carbocycles. The van der Waals surface area contributed by atoms with Crippen LogP contribution in [0.2, 0.25) is 0 Å². The van der Waals surface area contributed by atoms with Crippen molar-refractivity contribution in [2.75, 3.05) is 25.1 Å². The van der Waals surface area contributed by atoms with Gasteiger partial charge in [0.25, 0.3) is 0 Å². The Labute approximate surface area is 131 Å². The van der Waals surface area contributed by atoms with E-state index in [1.54, 1.807) is 18.2 Å². The average Bonchev–Trinajstić information content (AvgIpc) is 2.96. The van der Waals surface area contributed by atoms with Crippen molar-refractivity contribution in [3.05, 3.63) is 30.3 Å². The minimum atomic E-state index is -3.49. The van der Waals surface area contributed by atoms with Crippen molar-refractivity contribution in [1.29, 1.82) is 0 Å². The van der Waals surface area contributed by atoms with Crippen LogP contribution in [0.1, 0.15) is 12.8 Å². The summed E-state index contributed by atoms with van der Waals surface area (Å²) in [7, 11) is -6.66. The fraction of sp³-hybridized carbons (Fsp3) is 0.500. The van der Waals surface area contributed by atoms with Crippen LogP contribution in [0.25, 0.3) is 0 Å². The molecule has 1 unspecified atom stereocenters. The van der Waals surface area contributed by atoms with Gasteiger partial charge in [-0.3, -0.25) is 4.79 Å². The highest BCUT2D eigenvalue weighted by Gasteiger charge is 2.32. The van der Waals surface area contributed by atoms with Crippen molar-refractivity contribution in [2.45, 2.75) is 23.0 Å². The van der Waals surface area contributed by atoms with Crippen molar-refractivity contribution >= 4 is 25.6 Å². The molecule has 0 bridgehead atoms. The predicted octanol–water partition coefficient (Wildman–Crippen LogP) is 0.496. The van der Waals surface area contributed by atoms with Gasteiger partial charge in [0.15, 0.2) is 19.7 Å². The first kappa shape index (κ1) is 17.0. The molecule has 0 spiro atoms. The van der Waals surface area contributed by atoms with E-state index in [0.717, 1.165) is 6.26 Å². The Morgan fingerprint density at radius 2 is 1.82 bits per heavy atom. The molecule has 122 valence electrons. The number of nitrogens with zero attached hydrogens (tertiary/aromatic N) is 1. The lowest BCUT2D eigenvalue weighted by Crippen LogP contribution is -2.32. The number of hydrogen-bond acceptors (Lipinski definition) is 5. The largest absolute Gasteiger partial charge is 0.341 e. The molecule has 1 aliphatic rings. The summed E-state index contributed by atoms with van der Waals surface area (Å²) in [6.45, 7) is 0.519. The van der Waals surface area contributed by atoms with E-state index in [9.17, 15) is 21.6 Å². The Balaban J connectivity index is 1.94. The van der Waals surface area contributed by atoms with Gasteiger partial charge >= 0.3 is 0 Å². The maximum Gasteiger partial charge on any atom is 0.223 e. The van der Waals surface area contributed by atoms with Gasteiger partial charge in [-0.05, 0) is 18.6 Å². The first-order valence-corrected chi connectivity index (χ1v) is 10.6. The standard InChI is InChI=1S/C14H19NO5S2/c1-21(17,18)13-7-9-15(11-13)14(16)8-10-22(19,20)12-5-3-2-4-6-12/h2-6,13H,7-11H2,1H3. The monoisotopic (exact) mass is 345 g/mol. The lowest BCUT2D eigenvalue weighted by Gasteiger charge is -2.16. The molecule has 1 saturated heterocycles. The van der Waals surface area contributed by atoms with E-state index in [1.807, 2.05) is 0 Å². The maximum absolute atomic E-state index is 12.1. The van der Waals surface area contributed by atoms with E-state index in [1.165, 1.54) is 17.0 Å². The van der Waals surface area contributed by atoms with Gasteiger partial charge < -0.3 is 4.90 Å². The van der Waals surface area contributed by atoms with Gasteiger partial charge in [-0.2, -0.15) is 0 Å². The molecule has 2 rings (SSSR count). The summed E-state index contributed by atoms with van der Waals surface area (Å²) in [6, 6.07) is 7.97. The molecule has 8 heteroatoms. The summed E-state index contributed by atoms with van der Waals surface area (Å²) in [5.41, 5.74) is 0. The molecular weight excluding hydrogens is 326 g/mol. The molecule has 1 heterocycles. The van der Waals surface area contributed by atoms with Crippen LogP contribution in [0.5, 0.6) is 0 Å². The van der Waals surface area contributed by atoms with E-state index in [-0.39, 0.29) is 29.5 Å². The number of hydrogen-bond donors (Lipinski definition) is 0. The molecule has 0 N–H and O–H groups in total. The second kappa shape index (κ2) is 6.37. The molecule has 0 aromatic heterocycles. The zero-order valence-electron chi connectivity index (χ0n) is 12.3. The number of benzene rings is 1. The van der Waals surface area contributed by atoms with Gasteiger partial charge in [0.2, 0.25) is 5.91 Å². The van der Waals surface area contributed by atoms with Crippen molar-refractivity contribution in [3.8, 4) is 0 Å². The Morgan fingerprint density at radius 3 is 2.36 bits per heavy atom. The Morgan fingerprint density at radius 1 is 1.18 bits per heavy atom. The van der Waals surface area contributed by atoms with Crippen LogP contribution in [0.3, 0.4) is 0 Å². The highest BCUT2D eigenvalue weighted by Crippen LogP contribution is 2.18. The fourth-order valence-electron chi connectivity index (χ4n) is 2.43. The third kappa shape index (κ3) is 4.07. The molecule has 1 atom stereocenters. The molecule has 0 saturated carbocycles. The van der Waals surface area contributed by atoms with Crippen molar-refractivity contribution in [1.82, 2.24) is 4.90 Å². The second-order valence-electron chi connectivity index (χ2n) is 5.46. The van der Waals surface area contributed by atoms with Crippen LogP contribution >= 0.6 is 0 Å². The molecule has 1 aromatic carbocycles. The maximum atomic E-state index is 12.1. The third-order valence-electron chi connectivity index (χ3n) is 3.79. The number of amides is 1. The molecule has 1 fully saturated rings. The summed E-state index contributed by atoms with van der Waals surface area (Å²) < 4.78 is 47.2. The normalized spacial score (nSPS) is 19.3. The Bertz CT molecular complexity index is 741. The average molecular weight is 345 g/mol. The van der Waals surface area contributed by atoms with Crippen LogP contribution in [-0.4, -0.2) is 58.0 Å². The first-order valence-electron chi connectivity index (χ1n) is 6.94. The van der Waals surface area contributed by atoms with Gasteiger partial charge in [0, 0.05) is 25.8 Å². The van der Waals surface area contributed by atoms with Gasteiger partial charge in [0.1, 0.15) is 0 Å². The summed E-state index contributed by atoms with van der Waals surface area (Å²) in [5, 5.41) is -0.540. The fourth-order valence-corrected chi connectivity index (χ4v) is 4.66. The van der Waals surface area contributed by atoms with Gasteiger partial charge in [0.05, 0.1) is 15.9 Å². The van der Waals surface area contributed by atoms with Crippen molar-refractivity contribution in [2.24, 2.45) is 0 Å². The zero-order valence-corrected chi connectivity index (χ0v) is 13.9. The van der Waals surface area contributed by atoms with Gasteiger partial charge in [-0.15, -0.1) is 0 Å². The van der Waals surface area contributed by atoms with Crippen LogP contribution < -0.4 is 0 Å². The molecule has 1 aliphatic heterocycles. The second-order valence-corrected chi connectivity index (χ2v) is 9.90. The van der Waals surface area contributed by atoms with Crippen LogP contribution in [0.15, 0.2) is 35.2 Å². The summed E-state index contributed by atoms with van der Waals surface area (Å²) in [5.74, 6) is -0.582. The first-order chi connectivity index (χ1) is 10.2. The van der Waals surface area contributed by atoms with E-state index in [0.29, 0.717) is 13.0 Å². The minimum absolute atomic E-state index is 0.131. The van der Waals surface area contributed by atoms with E-state index >= 15 is 0 Å². The SMILES string of the molecule is CS(=O)(=O)C1CCN(C(=O)CCS(=O)(=O)c2ccccc2)C1. The molecule has 1 amide bonds. The highest BCUT2D eigenvalue weighted by molar-refractivity contribution is 7.91. The van der Waals surface area contributed by atoms with Crippen LogP contribution in [0.4, 0.5) is 0 Å². The van der Waals surface area contributed by atoms with Crippen molar-refractivity contribution < 1.29 is 21.6 Å². The highest BCUT2D eigenvalue weighted by atomic mass is 32.2. The smallest absolute Gasteiger partial charge is 0.223 e. The molecule has 22 heavy (non-hydrogen) atoms. The predicted molar refractivity (Wildman–Crippen MR) is 82.9 cm³/mol. The van der Waals surface area contributed by atoms with Crippen LogP contribution in [0, 0.1) is 0 Å². The minimum Gasteiger partial charge on any atom is -0.341 e. The van der Waals surface area contributed by atoms with E-state index in [2.05, 4.69) is 0 Å². The Hall–Kier alpha value is -1.41. The lowest BCUT2D eigenvalue weighted by atomic mass is 10.4. The summed E-state index contributed by atoms with van der Waals surface area (Å²) in [4.78, 5) is 13.7. The number of likely N-dealkylation sites (tertiary alicyclic amines) is 1. The van der Waals surface area contributed by atoms with E-state index < -0.39 is 24.9 Å². The van der Waals surface area contributed by atoms with Crippen LogP contribution in [-0.2, 0) is 24.5 Å². The topological polar surface area (TPSA) is 88.6 Å².